The van der Waals surface area contributed by atoms with Gasteiger partial charge in [0.05, 0.1) is 6.26 Å². The summed E-state index contributed by atoms with van der Waals surface area (Å²) in [4.78, 5) is 0. The largest absolute Gasteiger partial charge is 0.466 e. The first-order valence-electron chi connectivity index (χ1n) is 6.76. The zero-order valence-corrected chi connectivity index (χ0v) is 11.7. The molecule has 0 aliphatic heterocycles. The second kappa shape index (κ2) is 3.51. The van der Waals surface area contributed by atoms with Gasteiger partial charge >= 0.3 is 0 Å². The molecule has 1 aromatic rings. The quantitative estimate of drug-likeness (QED) is 0.731. The first-order valence-corrected chi connectivity index (χ1v) is 6.76. The molecule has 4 atom stereocenters. The highest BCUT2D eigenvalue weighted by atomic mass is 16.5. The number of hydrogen-bond donors (Lipinski definition) is 0. The van der Waals surface area contributed by atoms with Gasteiger partial charge < -0.3 is 9.15 Å². The van der Waals surface area contributed by atoms with Crippen LogP contribution in [0, 0.1) is 16.7 Å². The van der Waals surface area contributed by atoms with E-state index in [4.69, 9.17) is 9.15 Å². The first-order chi connectivity index (χ1) is 8.46. The van der Waals surface area contributed by atoms with Crippen molar-refractivity contribution >= 4 is 5.57 Å². The minimum absolute atomic E-state index is 0.0375. The van der Waals surface area contributed by atoms with Gasteiger partial charge in [-0.15, -0.1) is 0 Å². The minimum Gasteiger partial charge on any atom is -0.466 e. The molecule has 18 heavy (non-hydrogen) atoms. The standard InChI is InChI=1S/C16H22O2/c1-10-6-8-15(3)11(2)12-7-9-18-13(12)14(17-5)16(10,15)4/h7,9-10,14H,2,6,8H2,1,3-5H3/t10-,14-,15+,16-/m1/s1. The molecule has 2 heteroatoms. The lowest BCUT2D eigenvalue weighted by Crippen LogP contribution is -2.45. The molecular formula is C16H22O2. The third-order valence-corrected chi connectivity index (χ3v) is 5.99. The zero-order valence-electron chi connectivity index (χ0n) is 11.7. The number of allylic oxidation sites excluding steroid dienone is 1. The van der Waals surface area contributed by atoms with E-state index in [-0.39, 0.29) is 16.9 Å². The van der Waals surface area contributed by atoms with E-state index in [0.29, 0.717) is 5.92 Å². The molecule has 1 aromatic heterocycles. The molecule has 0 bridgehead atoms. The fraction of sp³-hybridized carbons (Fsp3) is 0.625. The van der Waals surface area contributed by atoms with Crippen molar-refractivity contribution in [3.8, 4) is 0 Å². The van der Waals surface area contributed by atoms with Gasteiger partial charge in [-0.25, -0.2) is 0 Å². The summed E-state index contributed by atoms with van der Waals surface area (Å²) in [7, 11) is 1.79. The van der Waals surface area contributed by atoms with E-state index >= 15 is 0 Å². The van der Waals surface area contributed by atoms with Crippen molar-refractivity contribution in [3.05, 3.63) is 30.2 Å². The average Bonchev–Trinajstić information content (AvgIpc) is 2.90. The maximum Gasteiger partial charge on any atom is 0.140 e. The lowest BCUT2D eigenvalue weighted by Gasteiger charge is -2.52. The lowest BCUT2D eigenvalue weighted by molar-refractivity contribution is -0.0820. The Morgan fingerprint density at radius 3 is 2.83 bits per heavy atom. The summed E-state index contributed by atoms with van der Waals surface area (Å²) in [6, 6.07) is 2.04. The number of hydrogen-bond acceptors (Lipinski definition) is 2. The Kier molecular flexibility index (Phi) is 2.34. The van der Waals surface area contributed by atoms with Crippen LogP contribution in [0.4, 0.5) is 0 Å². The number of ether oxygens (including phenoxy) is 1. The molecule has 0 spiro atoms. The second-order valence-electron chi connectivity index (χ2n) is 6.35. The van der Waals surface area contributed by atoms with Gasteiger partial charge in [-0.1, -0.05) is 27.4 Å². The van der Waals surface area contributed by atoms with Gasteiger partial charge in [-0.05, 0) is 30.4 Å². The van der Waals surface area contributed by atoms with E-state index in [1.807, 2.05) is 6.07 Å². The maximum absolute atomic E-state index is 5.84. The summed E-state index contributed by atoms with van der Waals surface area (Å²) >= 11 is 0. The van der Waals surface area contributed by atoms with Gasteiger partial charge in [0, 0.05) is 23.5 Å². The van der Waals surface area contributed by atoms with Gasteiger partial charge in [-0.2, -0.15) is 0 Å². The molecule has 0 unspecified atom stereocenters. The van der Waals surface area contributed by atoms with E-state index in [0.717, 1.165) is 11.3 Å². The number of fused-ring (bicyclic) bond motifs is 2. The fourth-order valence-corrected chi connectivity index (χ4v) is 4.34. The van der Waals surface area contributed by atoms with E-state index in [2.05, 4.69) is 27.4 Å². The van der Waals surface area contributed by atoms with Crippen LogP contribution in [0.25, 0.3) is 5.57 Å². The SMILES string of the molecule is C=C1c2ccoc2[C@@H](OC)[C@@]2(C)[C@H](C)CC[C@@]12C. The van der Waals surface area contributed by atoms with E-state index in [1.54, 1.807) is 13.4 Å². The third-order valence-electron chi connectivity index (χ3n) is 5.99. The van der Waals surface area contributed by atoms with Crippen LogP contribution in [0.15, 0.2) is 23.3 Å². The van der Waals surface area contributed by atoms with Gasteiger partial charge in [0.1, 0.15) is 11.9 Å². The fourth-order valence-electron chi connectivity index (χ4n) is 4.34. The Hall–Kier alpha value is -1.02. The van der Waals surface area contributed by atoms with Crippen LogP contribution in [0.3, 0.4) is 0 Å². The molecule has 1 fully saturated rings. The van der Waals surface area contributed by atoms with Crippen molar-refractivity contribution in [1.82, 2.24) is 0 Å². The molecule has 0 amide bonds. The van der Waals surface area contributed by atoms with Crippen LogP contribution < -0.4 is 0 Å². The summed E-state index contributed by atoms with van der Waals surface area (Å²) in [6.07, 6.45) is 4.22. The van der Waals surface area contributed by atoms with E-state index in [1.165, 1.54) is 18.4 Å². The van der Waals surface area contributed by atoms with Crippen molar-refractivity contribution in [2.45, 2.75) is 39.7 Å². The van der Waals surface area contributed by atoms with Crippen molar-refractivity contribution in [3.63, 3.8) is 0 Å². The number of furan rings is 1. The molecule has 0 N–H and O–H groups in total. The number of rotatable bonds is 1. The molecule has 2 nitrogen and oxygen atoms in total. The summed E-state index contributed by atoms with van der Waals surface area (Å²) in [5, 5.41) is 0. The Morgan fingerprint density at radius 1 is 1.44 bits per heavy atom. The maximum atomic E-state index is 5.84. The molecule has 1 saturated carbocycles. The molecule has 2 aliphatic carbocycles. The van der Waals surface area contributed by atoms with Crippen molar-refractivity contribution < 1.29 is 9.15 Å². The van der Waals surface area contributed by atoms with Crippen LogP contribution in [-0.4, -0.2) is 7.11 Å². The number of methoxy groups -OCH3 is 1. The second-order valence-corrected chi connectivity index (χ2v) is 6.35. The molecule has 0 aromatic carbocycles. The van der Waals surface area contributed by atoms with Gasteiger partial charge in [0.15, 0.2) is 0 Å². The van der Waals surface area contributed by atoms with Crippen LogP contribution in [0.2, 0.25) is 0 Å². The van der Waals surface area contributed by atoms with Gasteiger partial charge in [0.25, 0.3) is 0 Å². The lowest BCUT2D eigenvalue weighted by atomic mass is 9.54. The van der Waals surface area contributed by atoms with E-state index < -0.39 is 0 Å². The van der Waals surface area contributed by atoms with Crippen molar-refractivity contribution in [1.29, 1.82) is 0 Å². The first kappa shape index (κ1) is 12.0. The highest BCUT2D eigenvalue weighted by molar-refractivity contribution is 5.73. The Labute approximate surface area is 109 Å². The van der Waals surface area contributed by atoms with E-state index in [9.17, 15) is 0 Å². The monoisotopic (exact) mass is 246 g/mol. The molecule has 0 radical (unpaired) electrons. The molecule has 3 rings (SSSR count). The minimum atomic E-state index is 0.0375. The Morgan fingerprint density at radius 2 is 2.17 bits per heavy atom. The topological polar surface area (TPSA) is 22.4 Å². The highest BCUT2D eigenvalue weighted by Crippen LogP contribution is 2.70. The Bertz CT molecular complexity index is 501. The smallest absolute Gasteiger partial charge is 0.140 e. The van der Waals surface area contributed by atoms with Gasteiger partial charge in [-0.3, -0.25) is 0 Å². The third kappa shape index (κ3) is 1.08. The zero-order chi connectivity index (χ0) is 13.1. The van der Waals surface area contributed by atoms with Crippen LogP contribution >= 0.6 is 0 Å². The molecule has 1 heterocycles. The molecule has 0 saturated heterocycles. The summed E-state index contributed by atoms with van der Waals surface area (Å²) in [5.41, 5.74) is 2.58. The summed E-state index contributed by atoms with van der Waals surface area (Å²) in [6.45, 7) is 11.4. The van der Waals surface area contributed by atoms with Crippen LogP contribution in [0.1, 0.15) is 51.0 Å². The van der Waals surface area contributed by atoms with Gasteiger partial charge in [0.2, 0.25) is 0 Å². The Balaban J connectivity index is 2.27. The predicted molar refractivity (Wildman–Crippen MR) is 72.1 cm³/mol. The summed E-state index contributed by atoms with van der Waals surface area (Å²) in [5.74, 6) is 1.58. The average molecular weight is 246 g/mol. The van der Waals surface area contributed by atoms with Crippen LogP contribution in [0.5, 0.6) is 0 Å². The molecule has 98 valence electrons. The normalized spacial score (nSPS) is 42.8. The summed E-state index contributed by atoms with van der Waals surface area (Å²) < 4.78 is 11.6. The van der Waals surface area contributed by atoms with Crippen LogP contribution in [-0.2, 0) is 4.74 Å². The highest BCUT2D eigenvalue weighted by Gasteiger charge is 2.62. The van der Waals surface area contributed by atoms with Crippen molar-refractivity contribution in [2.75, 3.05) is 7.11 Å². The molecule has 2 aliphatic rings. The predicted octanol–water partition coefficient (Wildman–Crippen LogP) is 4.44. The molecular weight excluding hydrogens is 224 g/mol. The van der Waals surface area contributed by atoms with Crippen molar-refractivity contribution in [2.24, 2.45) is 16.7 Å².